The largest absolute Gasteiger partial charge is 0.370 e. The molecule has 1 heteroatoms. The monoisotopic (exact) mass is 185 g/mol. The maximum Gasteiger partial charge on any atom is 0.0402 e. The number of anilines is 1. The van der Waals surface area contributed by atoms with E-state index in [2.05, 4.69) is 48.4 Å². The quantitative estimate of drug-likeness (QED) is 0.562. The third-order valence-corrected chi connectivity index (χ3v) is 3.61. The van der Waals surface area contributed by atoms with E-state index in [1.807, 2.05) is 0 Å². The molecule has 1 nitrogen and oxygen atoms in total. The molecule has 1 aliphatic carbocycles. The first kappa shape index (κ1) is 8.10. The van der Waals surface area contributed by atoms with Crippen molar-refractivity contribution in [3.8, 4) is 0 Å². The smallest absolute Gasteiger partial charge is 0.0402 e. The molecule has 0 fully saturated rings. The molecule has 0 spiro atoms. The molecule has 72 valence electrons. The van der Waals surface area contributed by atoms with Crippen molar-refractivity contribution in [2.45, 2.75) is 24.8 Å². The highest BCUT2D eigenvalue weighted by Crippen LogP contribution is 2.44. The van der Waals surface area contributed by atoms with Crippen LogP contribution in [0.5, 0.6) is 0 Å². The third-order valence-electron chi connectivity index (χ3n) is 3.61. The number of likely N-dealkylation sites (N-methyl/N-ethyl adjacent to an activating group) is 1. The van der Waals surface area contributed by atoms with Crippen LogP contribution in [-0.2, 0) is 0 Å². The SMILES string of the molecule is CN1c2ccccc2C2CC=CCC21. The van der Waals surface area contributed by atoms with Crippen molar-refractivity contribution < 1.29 is 0 Å². The van der Waals surface area contributed by atoms with Gasteiger partial charge in [0.25, 0.3) is 0 Å². The summed E-state index contributed by atoms with van der Waals surface area (Å²) in [6, 6.07) is 9.54. The van der Waals surface area contributed by atoms with Gasteiger partial charge in [-0.15, -0.1) is 0 Å². The van der Waals surface area contributed by atoms with Crippen LogP contribution in [0.2, 0.25) is 0 Å². The van der Waals surface area contributed by atoms with Gasteiger partial charge in [-0.2, -0.15) is 0 Å². The Kier molecular flexibility index (Phi) is 1.66. The highest BCUT2D eigenvalue weighted by Gasteiger charge is 2.35. The number of hydrogen-bond donors (Lipinski definition) is 0. The molecule has 0 radical (unpaired) electrons. The second-order valence-corrected chi connectivity index (χ2v) is 4.29. The number of para-hydroxylation sites is 1. The molecule has 1 aliphatic heterocycles. The fraction of sp³-hybridized carbons (Fsp3) is 0.385. The lowest BCUT2D eigenvalue weighted by Crippen LogP contribution is -2.31. The predicted molar refractivity (Wildman–Crippen MR) is 59.7 cm³/mol. The van der Waals surface area contributed by atoms with Crippen molar-refractivity contribution in [2.75, 3.05) is 11.9 Å². The van der Waals surface area contributed by atoms with Crippen molar-refractivity contribution in [3.63, 3.8) is 0 Å². The Labute approximate surface area is 85.0 Å². The van der Waals surface area contributed by atoms with Gasteiger partial charge in [-0.3, -0.25) is 0 Å². The van der Waals surface area contributed by atoms with E-state index in [-0.39, 0.29) is 0 Å². The topological polar surface area (TPSA) is 3.24 Å². The first-order valence-corrected chi connectivity index (χ1v) is 5.34. The number of benzene rings is 1. The number of rotatable bonds is 0. The fourth-order valence-corrected chi connectivity index (χ4v) is 2.86. The summed E-state index contributed by atoms with van der Waals surface area (Å²) >= 11 is 0. The molecule has 0 N–H and O–H groups in total. The zero-order valence-corrected chi connectivity index (χ0v) is 8.48. The van der Waals surface area contributed by atoms with E-state index in [1.165, 1.54) is 18.5 Å². The summed E-state index contributed by atoms with van der Waals surface area (Å²) in [4.78, 5) is 2.45. The Bertz CT molecular complexity index is 381. The summed E-state index contributed by atoms with van der Waals surface area (Å²) in [6.07, 6.45) is 7.07. The number of allylic oxidation sites excluding steroid dienone is 1. The van der Waals surface area contributed by atoms with Crippen molar-refractivity contribution >= 4 is 5.69 Å². The van der Waals surface area contributed by atoms with Gasteiger partial charge in [0.2, 0.25) is 0 Å². The van der Waals surface area contributed by atoms with Gasteiger partial charge in [0, 0.05) is 24.7 Å². The van der Waals surface area contributed by atoms with Gasteiger partial charge in [-0.25, -0.2) is 0 Å². The maximum atomic E-state index is 2.45. The lowest BCUT2D eigenvalue weighted by atomic mass is 9.86. The van der Waals surface area contributed by atoms with Gasteiger partial charge in [0.15, 0.2) is 0 Å². The van der Waals surface area contributed by atoms with Crippen molar-refractivity contribution in [3.05, 3.63) is 42.0 Å². The van der Waals surface area contributed by atoms with Crippen LogP contribution in [0.1, 0.15) is 24.3 Å². The highest BCUT2D eigenvalue weighted by molar-refractivity contribution is 5.61. The van der Waals surface area contributed by atoms with E-state index in [0.29, 0.717) is 6.04 Å². The molecule has 0 saturated heterocycles. The molecule has 2 aliphatic rings. The molecule has 1 aromatic carbocycles. The molecule has 1 heterocycles. The van der Waals surface area contributed by atoms with E-state index in [1.54, 1.807) is 5.56 Å². The van der Waals surface area contributed by atoms with Crippen LogP contribution in [0.3, 0.4) is 0 Å². The van der Waals surface area contributed by atoms with Crippen LogP contribution < -0.4 is 4.90 Å². The molecule has 0 bridgehead atoms. The van der Waals surface area contributed by atoms with Crippen LogP contribution in [-0.4, -0.2) is 13.1 Å². The molecule has 3 rings (SSSR count). The molecule has 1 aromatic rings. The minimum atomic E-state index is 0.706. The van der Waals surface area contributed by atoms with Gasteiger partial charge in [0.1, 0.15) is 0 Å². The van der Waals surface area contributed by atoms with Gasteiger partial charge in [0.05, 0.1) is 0 Å². The Morgan fingerprint density at radius 2 is 1.93 bits per heavy atom. The normalized spacial score (nSPS) is 28.8. The zero-order chi connectivity index (χ0) is 9.54. The van der Waals surface area contributed by atoms with E-state index in [4.69, 9.17) is 0 Å². The summed E-state index contributed by atoms with van der Waals surface area (Å²) in [5, 5.41) is 0. The molecule has 2 atom stereocenters. The number of fused-ring (bicyclic) bond motifs is 3. The van der Waals surface area contributed by atoms with Crippen molar-refractivity contribution in [1.29, 1.82) is 0 Å². The Hall–Kier alpha value is -1.24. The number of hydrogen-bond acceptors (Lipinski definition) is 1. The van der Waals surface area contributed by atoms with Crippen molar-refractivity contribution in [1.82, 2.24) is 0 Å². The van der Waals surface area contributed by atoms with E-state index < -0.39 is 0 Å². The molecule has 0 aromatic heterocycles. The van der Waals surface area contributed by atoms with Crippen LogP contribution in [0.4, 0.5) is 5.69 Å². The van der Waals surface area contributed by atoms with E-state index >= 15 is 0 Å². The van der Waals surface area contributed by atoms with E-state index in [9.17, 15) is 0 Å². The molecule has 2 unspecified atom stereocenters. The molecule has 14 heavy (non-hydrogen) atoms. The summed E-state index contributed by atoms with van der Waals surface area (Å²) in [5.74, 6) is 0.737. The molecular formula is C13H15N. The van der Waals surface area contributed by atoms with Gasteiger partial charge >= 0.3 is 0 Å². The van der Waals surface area contributed by atoms with Crippen molar-refractivity contribution in [2.24, 2.45) is 0 Å². The van der Waals surface area contributed by atoms with Gasteiger partial charge in [-0.05, 0) is 24.5 Å². The van der Waals surface area contributed by atoms with Gasteiger partial charge < -0.3 is 4.90 Å². The van der Waals surface area contributed by atoms with Crippen LogP contribution in [0.25, 0.3) is 0 Å². The van der Waals surface area contributed by atoms with Crippen LogP contribution in [0, 0.1) is 0 Å². The average Bonchev–Trinajstić information content (AvgIpc) is 2.55. The predicted octanol–water partition coefficient (Wildman–Crippen LogP) is 2.94. The Morgan fingerprint density at radius 1 is 1.14 bits per heavy atom. The second kappa shape index (κ2) is 2.88. The molecule has 0 amide bonds. The highest BCUT2D eigenvalue weighted by atomic mass is 15.2. The number of nitrogens with zero attached hydrogens (tertiary/aromatic N) is 1. The molecule has 0 saturated carbocycles. The lowest BCUT2D eigenvalue weighted by molar-refractivity contribution is 0.534. The standard InChI is InChI=1S/C13H15N/c1-14-12-8-4-2-6-10(12)11-7-3-5-9-13(11)14/h2-6,8,11,13H,7,9H2,1H3. The van der Waals surface area contributed by atoms with Crippen LogP contribution in [0.15, 0.2) is 36.4 Å². The summed E-state index contributed by atoms with van der Waals surface area (Å²) < 4.78 is 0. The van der Waals surface area contributed by atoms with Gasteiger partial charge in [-0.1, -0.05) is 30.4 Å². The summed E-state index contributed by atoms with van der Waals surface area (Å²) in [7, 11) is 2.22. The first-order chi connectivity index (χ1) is 6.88. The minimum Gasteiger partial charge on any atom is -0.370 e. The summed E-state index contributed by atoms with van der Waals surface area (Å²) in [6.45, 7) is 0. The minimum absolute atomic E-state index is 0.706. The maximum absolute atomic E-state index is 2.45. The fourth-order valence-electron chi connectivity index (χ4n) is 2.86. The average molecular weight is 185 g/mol. The first-order valence-electron chi connectivity index (χ1n) is 5.34. The zero-order valence-electron chi connectivity index (χ0n) is 8.48. The van der Waals surface area contributed by atoms with E-state index in [0.717, 1.165) is 5.92 Å². The second-order valence-electron chi connectivity index (χ2n) is 4.29. The molecular weight excluding hydrogens is 170 g/mol. The Morgan fingerprint density at radius 3 is 2.86 bits per heavy atom. The van der Waals surface area contributed by atoms with Crippen LogP contribution >= 0.6 is 0 Å². The Balaban J connectivity index is 2.10. The third kappa shape index (κ3) is 0.955. The summed E-state index contributed by atoms with van der Waals surface area (Å²) in [5.41, 5.74) is 2.98. The lowest BCUT2D eigenvalue weighted by Gasteiger charge is -2.27.